The molecule has 0 amide bonds. The van der Waals surface area contributed by atoms with Gasteiger partial charge in [-0.05, 0) is 12.1 Å². The van der Waals surface area contributed by atoms with Crippen LogP contribution in [0.1, 0.15) is 38.2 Å². The average Bonchev–Trinajstić information content (AvgIpc) is 3.42. The predicted octanol–water partition coefficient (Wildman–Crippen LogP) is 4.56. The Kier molecular flexibility index (Phi) is 5.04. The first-order chi connectivity index (χ1) is 13.5. The van der Waals surface area contributed by atoms with Gasteiger partial charge >= 0.3 is 0 Å². The number of hydrogen-bond acceptors (Lipinski definition) is 7. The highest BCUT2D eigenvalue weighted by atomic mass is 32.2. The van der Waals surface area contributed by atoms with E-state index in [1.165, 1.54) is 11.8 Å². The second-order valence-electron chi connectivity index (χ2n) is 7.39. The normalized spacial score (nSPS) is 11.8. The van der Waals surface area contributed by atoms with E-state index in [4.69, 9.17) is 8.94 Å². The summed E-state index contributed by atoms with van der Waals surface area (Å²) >= 11 is 1.52. The van der Waals surface area contributed by atoms with Gasteiger partial charge in [-0.1, -0.05) is 68.0 Å². The first-order valence-corrected chi connectivity index (χ1v) is 9.96. The molecule has 0 spiro atoms. The molecular weight excluding hydrogens is 374 g/mol. The van der Waals surface area contributed by atoms with Crippen LogP contribution in [0.2, 0.25) is 0 Å². The Bertz CT molecular complexity index is 1030. The molecule has 1 aromatic carbocycles. The van der Waals surface area contributed by atoms with Crippen LogP contribution in [0.25, 0.3) is 11.4 Å². The largest absolute Gasteiger partial charge is 0.467 e. The summed E-state index contributed by atoms with van der Waals surface area (Å²) in [6.45, 7) is 6.68. The van der Waals surface area contributed by atoms with Gasteiger partial charge in [0.1, 0.15) is 5.76 Å². The van der Waals surface area contributed by atoms with Gasteiger partial charge in [0.15, 0.2) is 16.8 Å². The van der Waals surface area contributed by atoms with Gasteiger partial charge in [0.25, 0.3) is 0 Å². The molecule has 3 heterocycles. The molecule has 0 unspecified atom stereocenters. The fourth-order valence-electron chi connectivity index (χ4n) is 2.64. The molecule has 0 radical (unpaired) electrons. The van der Waals surface area contributed by atoms with Crippen molar-refractivity contribution in [2.45, 2.75) is 43.6 Å². The minimum Gasteiger partial charge on any atom is -0.467 e. The Morgan fingerprint density at radius 1 is 1.04 bits per heavy atom. The molecule has 4 rings (SSSR count). The van der Waals surface area contributed by atoms with Gasteiger partial charge in [-0.15, -0.1) is 10.2 Å². The van der Waals surface area contributed by atoms with Crippen LogP contribution in [0, 0.1) is 0 Å². The quantitative estimate of drug-likeness (QED) is 0.443. The molecular formula is C20H21N5O2S. The average molecular weight is 395 g/mol. The highest BCUT2D eigenvalue weighted by Gasteiger charge is 2.22. The summed E-state index contributed by atoms with van der Waals surface area (Å²) < 4.78 is 13.0. The van der Waals surface area contributed by atoms with E-state index in [0.29, 0.717) is 24.0 Å². The number of furan rings is 1. The highest BCUT2D eigenvalue weighted by molar-refractivity contribution is 7.98. The van der Waals surface area contributed by atoms with Crippen LogP contribution in [0.5, 0.6) is 0 Å². The Morgan fingerprint density at radius 2 is 1.86 bits per heavy atom. The van der Waals surface area contributed by atoms with E-state index in [1.807, 2.05) is 67.8 Å². The Morgan fingerprint density at radius 3 is 2.54 bits per heavy atom. The van der Waals surface area contributed by atoms with E-state index >= 15 is 0 Å². The van der Waals surface area contributed by atoms with Crippen LogP contribution < -0.4 is 0 Å². The molecule has 4 aromatic rings. The smallest absolute Gasteiger partial charge is 0.232 e. The standard InChI is InChI=1S/C20H21N5O2S/c1-20(2,3)18-21-16(24-27-18)13-28-19-23-22-17(14-8-5-4-6-9-14)25(19)12-15-10-7-11-26-15/h4-11H,12-13H2,1-3H3. The molecule has 0 saturated heterocycles. The first kappa shape index (κ1) is 18.5. The van der Waals surface area contributed by atoms with Crippen LogP contribution in [0.4, 0.5) is 0 Å². The van der Waals surface area contributed by atoms with Crippen LogP contribution in [-0.2, 0) is 17.7 Å². The molecule has 144 valence electrons. The molecule has 0 aliphatic rings. The van der Waals surface area contributed by atoms with Gasteiger partial charge in [0, 0.05) is 11.0 Å². The van der Waals surface area contributed by atoms with Gasteiger partial charge < -0.3 is 8.94 Å². The van der Waals surface area contributed by atoms with Crippen molar-refractivity contribution in [1.29, 1.82) is 0 Å². The SMILES string of the molecule is CC(C)(C)c1nc(CSc2nnc(-c3ccccc3)n2Cc2ccco2)no1. The summed E-state index contributed by atoms with van der Waals surface area (Å²) in [7, 11) is 0. The fraction of sp³-hybridized carbons (Fsp3) is 0.300. The van der Waals surface area contributed by atoms with Crippen molar-refractivity contribution in [2.24, 2.45) is 0 Å². The number of rotatable bonds is 6. The second-order valence-corrected chi connectivity index (χ2v) is 8.33. The monoisotopic (exact) mass is 395 g/mol. The maximum atomic E-state index is 5.53. The van der Waals surface area contributed by atoms with Crippen molar-refractivity contribution in [3.05, 3.63) is 66.2 Å². The molecule has 0 aliphatic heterocycles. The fourth-order valence-corrected chi connectivity index (χ4v) is 3.42. The third kappa shape index (κ3) is 4.01. The molecule has 3 aromatic heterocycles. The Hall–Kier alpha value is -2.87. The van der Waals surface area contributed by atoms with Crippen molar-refractivity contribution >= 4 is 11.8 Å². The molecule has 0 bridgehead atoms. The lowest BCUT2D eigenvalue weighted by Crippen LogP contribution is -2.11. The third-order valence-electron chi connectivity index (χ3n) is 4.08. The zero-order valence-corrected chi connectivity index (χ0v) is 16.8. The van der Waals surface area contributed by atoms with E-state index in [9.17, 15) is 0 Å². The predicted molar refractivity (Wildman–Crippen MR) is 106 cm³/mol. The van der Waals surface area contributed by atoms with Crippen molar-refractivity contribution < 1.29 is 8.94 Å². The maximum absolute atomic E-state index is 5.53. The molecule has 0 N–H and O–H groups in total. The summed E-state index contributed by atoms with van der Waals surface area (Å²) in [5, 5.41) is 13.7. The number of benzene rings is 1. The van der Waals surface area contributed by atoms with E-state index in [-0.39, 0.29) is 5.41 Å². The third-order valence-corrected chi connectivity index (χ3v) is 5.05. The highest BCUT2D eigenvalue weighted by Crippen LogP contribution is 2.28. The van der Waals surface area contributed by atoms with Crippen molar-refractivity contribution in [1.82, 2.24) is 24.9 Å². The van der Waals surface area contributed by atoms with E-state index in [1.54, 1.807) is 6.26 Å². The topological polar surface area (TPSA) is 82.8 Å². The summed E-state index contributed by atoms with van der Waals surface area (Å²) in [6, 6.07) is 13.8. The second kappa shape index (κ2) is 7.63. The van der Waals surface area contributed by atoms with Gasteiger partial charge in [-0.25, -0.2) is 0 Å². The van der Waals surface area contributed by atoms with Crippen LogP contribution >= 0.6 is 11.8 Å². The van der Waals surface area contributed by atoms with E-state index in [0.717, 1.165) is 22.3 Å². The van der Waals surface area contributed by atoms with Crippen LogP contribution in [0.3, 0.4) is 0 Å². The van der Waals surface area contributed by atoms with Crippen molar-refractivity contribution in [3.63, 3.8) is 0 Å². The first-order valence-electron chi connectivity index (χ1n) is 8.97. The van der Waals surface area contributed by atoms with E-state index < -0.39 is 0 Å². The van der Waals surface area contributed by atoms with Crippen molar-refractivity contribution in [2.75, 3.05) is 0 Å². The number of thioether (sulfide) groups is 1. The van der Waals surface area contributed by atoms with Gasteiger partial charge in [-0.3, -0.25) is 4.57 Å². The molecule has 0 atom stereocenters. The van der Waals surface area contributed by atoms with Gasteiger partial charge in [0.05, 0.1) is 18.6 Å². The van der Waals surface area contributed by atoms with Crippen molar-refractivity contribution in [3.8, 4) is 11.4 Å². The molecule has 28 heavy (non-hydrogen) atoms. The molecule has 0 fully saturated rings. The Balaban J connectivity index is 1.59. The minimum absolute atomic E-state index is 0.171. The maximum Gasteiger partial charge on any atom is 0.232 e. The summed E-state index contributed by atoms with van der Waals surface area (Å²) in [4.78, 5) is 4.49. The lowest BCUT2D eigenvalue weighted by Gasteiger charge is -2.10. The molecule has 0 saturated carbocycles. The van der Waals surface area contributed by atoms with E-state index in [2.05, 4.69) is 20.3 Å². The molecule has 7 nitrogen and oxygen atoms in total. The van der Waals surface area contributed by atoms with Crippen LogP contribution in [-0.4, -0.2) is 24.9 Å². The lowest BCUT2D eigenvalue weighted by molar-refractivity contribution is 0.319. The van der Waals surface area contributed by atoms with Gasteiger partial charge in [0.2, 0.25) is 5.89 Å². The number of nitrogens with zero attached hydrogens (tertiary/aromatic N) is 5. The lowest BCUT2D eigenvalue weighted by atomic mass is 9.97. The van der Waals surface area contributed by atoms with Crippen LogP contribution in [0.15, 0.2) is 62.8 Å². The minimum atomic E-state index is -0.171. The zero-order valence-electron chi connectivity index (χ0n) is 16.0. The molecule has 0 aliphatic carbocycles. The Labute approximate surface area is 167 Å². The number of aromatic nitrogens is 5. The summed E-state index contributed by atoms with van der Waals surface area (Å²) in [5.74, 6) is 3.45. The summed E-state index contributed by atoms with van der Waals surface area (Å²) in [5.41, 5.74) is 0.832. The zero-order chi connectivity index (χ0) is 19.6. The number of hydrogen-bond donors (Lipinski definition) is 0. The molecule has 8 heteroatoms. The summed E-state index contributed by atoms with van der Waals surface area (Å²) in [6.07, 6.45) is 1.67. The van der Waals surface area contributed by atoms with Gasteiger partial charge in [-0.2, -0.15) is 4.98 Å².